The number of likely N-dealkylation sites (tertiary alicyclic amines) is 1. The van der Waals surface area contributed by atoms with Crippen molar-refractivity contribution < 1.29 is 4.79 Å². The summed E-state index contributed by atoms with van der Waals surface area (Å²) in [6.07, 6.45) is 2.61. The first-order valence-corrected chi connectivity index (χ1v) is 8.84. The average Bonchev–Trinajstić information content (AvgIpc) is 3.08. The molecule has 0 spiro atoms. The molecule has 2 fully saturated rings. The highest BCUT2D eigenvalue weighted by Gasteiger charge is 2.38. The largest absolute Gasteiger partial charge is 0.324 e. The van der Waals surface area contributed by atoms with Gasteiger partial charge in [0.15, 0.2) is 0 Å². The summed E-state index contributed by atoms with van der Waals surface area (Å²) in [5, 5.41) is 0.269. The third-order valence-electron chi connectivity index (χ3n) is 4.47. The number of hydrogen-bond donors (Lipinski definition) is 0. The van der Waals surface area contributed by atoms with Crippen LogP contribution >= 0.6 is 11.8 Å². The van der Waals surface area contributed by atoms with Crippen molar-refractivity contribution in [3.8, 4) is 0 Å². The molecule has 2 saturated heterocycles. The molecule has 1 aromatic carbocycles. The van der Waals surface area contributed by atoms with Crippen molar-refractivity contribution >= 4 is 17.7 Å². The smallest absolute Gasteiger partial charge is 0.236 e. The fraction of sp³-hybridized carbons (Fsp3) is 0.588. The van der Waals surface area contributed by atoms with Gasteiger partial charge in [0, 0.05) is 13.1 Å². The number of nitrogens with zero attached hydrogens (tertiary/aromatic N) is 2. The number of aryl methyl sites for hydroxylation is 1. The van der Waals surface area contributed by atoms with Gasteiger partial charge in [-0.15, -0.1) is 11.8 Å². The second-order valence-corrected chi connectivity index (χ2v) is 7.55. The molecular weight excluding hydrogens is 280 g/mol. The molecule has 3 rings (SSSR count). The Balaban J connectivity index is 1.71. The zero-order valence-electron chi connectivity index (χ0n) is 12.9. The van der Waals surface area contributed by atoms with E-state index in [-0.39, 0.29) is 10.6 Å². The minimum Gasteiger partial charge on any atom is -0.324 e. The Bertz CT molecular complexity index is 496. The first-order chi connectivity index (χ1) is 10.1. The van der Waals surface area contributed by atoms with E-state index in [2.05, 4.69) is 41.0 Å². The Labute approximate surface area is 131 Å². The van der Waals surface area contributed by atoms with Gasteiger partial charge in [0.2, 0.25) is 5.91 Å². The van der Waals surface area contributed by atoms with Crippen LogP contribution in [0.3, 0.4) is 0 Å². The topological polar surface area (TPSA) is 23.6 Å². The molecule has 0 saturated carbocycles. The first-order valence-electron chi connectivity index (χ1n) is 7.90. The molecule has 3 nitrogen and oxygen atoms in total. The molecule has 0 N–H and O–H groups in total. The zero-order valence-corrected chi connectivity index (χ0v) is 13.7. The Morgan fingerprint density at radius 2 is 1.81 bits per heavy atom. The van der Waals surface area contributed by atoms with E-state index in [0.717, 1.165) is 13.1 Å². The Morgan fingerprint density at radius 1 is 1.14 bits per heavy atom. The Kier molecular flexibility index (Phi) is 4.55. The maximum absolute atomic E-state index is 12.4. The third-order valence-corrected chi connectivity index (χ3v) is 5.86. The van der Waals surface area contributed by atoms with Crippen molar-refractivity contribution in [2.24, 2.45) is 0 Å². The van der Waals surface area contributed by atoms with Gasteiger partial charge >= 0.3 is 0 Å². The summed E-state index contributed by atoms with van der Waals surface area (Å²) in [4.78, 5) is 17.0. The van der Waals surface area contributed by atoms with Gasteiger partial charge in [-0.05, 0) is 45.3 Å². The minimum atomic E-state index is 0.0786. The van der Waals surface area contributed by atoms with Gasteiger partial charge in [0.1, 0.15) is 5.37 Å². The lowest BCUT2D eigenvalue weighted by Gasteiger charge is -2.26. The molecule has 4 heteroatoms. The number of hydrogen-bond acceptors (Lipinski definition) is 3. The third kappa shape index (κ3) is 3.27. The fourth-order valence-electron chi connectivity index (χ4n) is 3.15. The van der Waals surface area contributed by atoms with Gasteiger partial charge in [-0.2, -0.15) is 0 Å². The lowest BCUT2D eigenvalue weighted by Crippen LogP contribution is -2.37. The molecule has 0 aromatic heterocycles. The molecule has 1 aromatic rings. The summed E-state index contributed by atoms with van der Waals surface area (Å²) < 4.78 is 0. The molecule has 0 unspecified atom stereocenters. The zero-order chi connectivity index (χ0) is 14.8. The van der Waals surface area contributed by atoms with E-state index in [1.54, 1.807) is 11.8 Å². The number of benzene rings is 1. The van der Waals surface area contributed by atoms with Crippen molar-refractivity contribution in [1.82, 2.24) is 9.80 Å². The summed E-state index contributed by atoms with van der Waals surface area (Å²) in [5.74, 6) is 0.296. The molecule has 2 heterocycles. The maximum atomic E-state index is 12.4. The first kappa shape index (κ1) is 14.9. The second-order valence-electron chi connectivity index (χ2n) is 6.12. The SMILES string of the molecule is Cc1ccc([C@H]2S[C@H](C)C(=O)N2CCN2CCCC2)cc1. The maximum Gasteiger partial charge on any atom is 0.236 e. The Morgan fingerprint density at radius 3 is 2.48 bits per heavy atom. The van der Waals surface area contributed by atoms with Gasteiger partial charge in [0.25, 0.3) is 0 Å². The summed E-state index contributed by atoms with van der Waals surface area (Å²) in [5.41, 5.74) is 2.52. The lowest BCUT2D eigenvalue weighted by molar-refractivity contribution is -0.130. The lowest BCUT2D eigenvalue weighted by atomic mass is 10.1. The van der Waals surface area contributed by atoms with E-state index in [1.807, 2.05) is 6.92 Å². The van der Waals surface area contributed by atoms with Crippen LogP contribution in [0.5, 0.6) is 0 Å². The van der Waals surface area contributed by atoms with E-state index in [1.165, 1.54) is 37.1 Å². The monoisotopic (exact) mass is 304 g/mol. The average molecular weight is 304 g/mol. The van der Waals surface area contributed by atoms with Gasteiger partial charge in [-0.25, -0.2) is 0 Å². The van der Waals surface area contributed by atoms with Crippen LogP contribution in [0.2, 0.25) is 0 Å². The molecule has 114 valence electrons. The summed E-state index contributed by atoms with van der Waals surface area (Å²) in [6.45, 7) is 8.39. The number of amides is 1. The van der Waals surface area contributed by atoms with E-state index < -0.39 is 0 Å². The number of carbonyl (C=O) groups excluding carboxylic acids is 1. The van der Waals surface area contributed by atoms with Crippen LogP contribution in [-0.2, 0) is 4.79 Å². The normalized spacial score (nSPS) is 26.8. The highest BCUT2D eigenvalue weighted by atomic mass is 32.2. The predicted octanol–water partition coefficient (Wildman–Crippen LogP) is 3.05. The van der Waals surface area contributed by atoms with Gasteiger partial charge < -0.3 is 9.80 Å². The second kappa shape index (κ2) is 6.41. The molecule has 2 aliphatic heterocycles. The van der Waals surface area contributed by atoms with Crippen molar-refractivity contribution in [2.75, 3.05) is 26.2 Å². The van der Waals surface area contributed by atoms with Gasteiger partial charge in [-0.1, -0.05) is 29.8 Å². The quantitative estimate of drug-likeness (QED) is 0.854. The van der Waals surface area contributed by atoms with E-state index in [9.17, 15) is 4.79 Å². The summed E-state index contributed by atoms with van der Waals surface area (Å²) >= 11 is 1.78. The minimum absolute atomic E-state index is 0.0786. The Hall–Kier alpha value is -1.00. The molecule has 21 heavy (non-hydrogen) atoms. The van der Waals surface area contributed by atoms with Crippen LogP contribution in [-0.4, -0.2) is 47.1 Å². The van der Waals surface area contributed by atoms with Crippen LogP contribution in [0.4, 0.5) is 0 Å². The molecule has 2 aliphatic rings. The highest BCUT2D eigenvalue weighted by molar-refractivity contribution is 8.01. The molecule has 0 bridgehead atoms. The summed E-state index contributed by atoms with van der Waals surface area (Å²) in [7, 11) is 0. The van der Waals surface area contributed by atoms with E-state index in [4.69, 9.17) is 0 Å². The van der Waals surface area contributed by atoms with Gasteiger partial charge in [0.05, 0.1) is 5.25 Å². The van der Waals surface area contributed by atoms with Crippen molar-refractivity contribution in [2.45, 2.75) is 37.3 Å². The van der Waals surface area contributed by atoms with Crippen LogP contribution in [0.15, 0.2) is 24.3 Å². The van der Waals surface area contributed by atoms with Crippen molar-refractivity contribution in [3.63, 3.8) is 0 Å². The standard InChI is InChI=1S/C17H24N2OS/c1-13-5-7-15(8-6-13)17-19(16(20)14(2)21-17)12-11-18-9-3-4-10-18/h5-8,14,17H,3-4,9-12H2,1-2H3/t14-,17-/m1/s1. The van der Waals surface area contributed by atoms with Crippen LogP contribution in [0.1, 0.15) is 36.3 Å². The molecule has 2 atom stereocenters. The fourth-order valence-corrected chi connectivity index (χ4v) is 4.46. The predicted molar refractivity (Wildman–Crippen MR) is 88.4 cm³/mol. The number of carbonyl (C=O) groups is 1. The number of thioether (sulfide) groups is 1. The van der Waals surface area contributed by atoms with E-state index >= 15 is 0 Å². The molecule has 1 amide bonds. The van der Waals surface area contributed by atoms with Crippen LogP contribution in [0, 0.1) is 6.92 Å². The van der Waals surface area contributed by atoms with Crippen molar-refractivity contribution in [3.05, 3.63) is 35.4 Å². The van der Waals surface area contributed by atoms with Crippen LogP contribution in [0.25, 0.3) is 0 Å². The van der Waals surface area contributed by atoms with E-state index in [0.29, 0.717) is 5.91 Å². The van der Waals surface area contributed by atoms with Crippen molar-refractivity contribution in [1.29, 1.82) is 0 Å². The summed E-state index contributed by atoms with van der Waals surface area (Å²) in [6, 6.07) is 8.62. The molecule has 0 radical (unpaired) electrons. The van der Waals surface area contributed by atoms with Crippen LogP contribution < -0.4 is 0 Å². The highest BCUT2D eigenvalue weighted by Crippen LogP contribution is 2.42. The van der Waals surface area contributed by atoms with Gasteiger partial charge in [-0.3, -0.25) is 4.79 Å². The molecular formula is C17H24N2OS. The molecule has 0 aliphatic carbocycles. The number of rotatable bonds is 4.